The van der Waals surface area contributed by atoms with E-state index in [0.29, 0.717) is 24.5 Å². The van der Waals surface area contributed by atoms with Crippen LogP contribution in [0.2, 0.25) is 0 Å². The third-order valence-electron chi connectivity index (χ3n) is 7.76. The molecule has 9 nitrogen and oxygen atoms in total. The molecule has 2 aromatic rings. The van der Waals surface area contributed by atoms with Crippen molar-refractivity contribution in [1.29, 1.82) is 0 Å². The van der Waals surface area contributed by atoms with Gasteiger partial charge in [-0.3, -0.25) is 14.4 Å². The zero-order valence-corrected chi connectivity index (χ0v) is 22.9. The summed E-state index contributed by atoms with van der Waals surface area (Å²) in [5.41, 5.74) is 0.314. The summed E-state index contributed by atoms with van der Waals surface area (Å²) in [6.45, 7) is 4.09. The summed E-state index contributed by atoms with van der Waals surface area (Å²) in [6.07, 6.45) is -0.165. The second-order valence-corrected chi connectivity index (χ2v) is 11.3. The molecule has 0 saturated carbocycles. The van der Waals surface area contributed by atoms with Crippen molar-refractivity contribution in [2.45, 2.75) is 55.4 Å². The second kappa shape index (κ2) is 10.7. The monoisotopic (exact) mass is 585 g/mol. The summed E-state index contributed by atoms with van der Waals surface area (Å²) in [5, 5.41) is 15.8. The first-order chi connectivity index (χ1) is 18.3. The Bertz CT molecular complexity index is 1190. The number of hydrogen-bond donors (Lipinski definition) is 3. The number of alkyl halides is 1. The Kier molecular flexibility index (Phi) is 7.48. The Morgan fingerprint density at radius 3 is 2.55 bits per heavy atom. The first-order valence-corrected chi connectivity index (χ1v) is 13.8. The van der Waals surface area contributed by atoms with Crippen molar-refractivity contribution in [3.8, 4) is 5.75 Å². The highest BCUT2D eigenvalue weighted by atomic mass is 79.9. The average Bonchev–Trinajstić information content (AvgIpc) is 3.52. The molecule has 202 valence electrons. The van der Waals surface area contributed by atoms with Crippen molar-refractivity contribution >= 4 is 39.3 Å². The molecular formula is C28H32BrN3O6. The van der Waals surface area contributed by atoms with Gasteiger partial charge < -0.3 is 30.1 Å². The number of carbonyl (C=O) groups is 3. The van der Waals surface area contributed by atoms with Crippen LogP contribution in [0.25, 0.3) is 0 Å². The zero-order chi connectivity index (χ0) is 27.0. The molecule has 5 rings (SSSR count). The summed E-state index contributed by atoms with van der Waals surface area (Å²) < 4.78 is 11.9. The van der Waals surface area contributed by atoms with Gasteiger partial charge in [0.15, 0.2) is 0 Å². The number of halogens is 1. The predicted octanol–water partition coefficient (Wildman–Crippen LogP) is 2.47. The fraction of sp³-hybridized carbons (Fsp3) is 0.464. The van der Waals surface area contributed by atoms with Gasteiger partial charge in [0.2, 0.25) is 17.7 Å². The van der Waals surface area contributed by atoms with Crippen LogP contribution in [0, 0.1) is 11.8 Å². The van der Waals surface area contributed by atoms with E-state index in [1.54, 1.807) is 31.2 Å². The fourth-order valence-electron chi connectivity index (χ4n) is 6.14. The maximum Gasteiger partial charge on any atom is 0.246 e. The molecule has 3 aliphatic rings. The van der Waals surface area contributed by atoms with Gasteiger partial charge in [-0.25, -0.2) is 0 Å². The lowest BCUT2D eigenvalue weighted by Crippen LogP contribution is -2.57. The molecule has 3 N–H and O–H groups in total. The lowest BCUT2D eigenvalue weighted by Gasteiger charge is -2.35. The van der Waals surface area contributed by atoms with Crippen LogP contribution in [-0.4, -0.2) is 69.6 Å². The number of ether oxygens (including phenoxy) is 2. The standard InChI is InChI=1S/C28H32BrN3O6/c1-3-37-19-11-9-18(10-12-19)31-25(34)21-22-27(36)32(16(2)15-33)24(28(22)13-20(29)23(21)38-28)26(35)30-14-17-7-5-4-6-8-17/h4-12,16,20-24,33H,3,13-15H2,1-2H3,(H,30,35)(H,31,34)/t16-,20?,21+,22+,23+,24?,28?/m1/s1. The highest BCUT2D eigenvalue weighted by molar-refractivity contribution is 9.09. The van der Waals surface area contributed by atoms with E-state index in [0.717, 1.165) is 5.56 Å². The van der Waals surface area contributed by atoms with E-state index in [2.05, 4.69) is 26.6 Å². The number of nitrogens with zero attached hydrogens (tertiary/aromatic N) is 1. The van der Waals surface area contributed by atoms with Crippen LogP contribution >= 0.6 is 15.9 Å². The first kappa shape index (κ1) is 26.6. The Hall–Kier alpha value is -2.95. The molecule has 3 amide bonds. The third-order valence-corrected chi connectivity index (χ3v) is 8.60. The number of aliphatic hydroxyl groups excluding tert-OH is 1. The predicted molar refractivity (Wildman–Crippen MR) is 144 cm³/mol. The number of likely N-dealkylation sites (tertiary alicyclic amines) is 1. The molecule has 7 atom stereocenters. The molecule has 3 aliphatic heterocycles. The van der Waals surface area contributed by atoms with Crippen LogP contribution in [0.15, 0.2) is 54.6 Å². The average molecular weight is 586 g/mol. The topological polar surface area (TPSA) is 117 Å². The van der Waals surface area contributed by atoms with Gasteiger partial charge in [-0.1, -0.05) is 46.3 Å². The van der Waals surface area contributed by atoms with Crippen LogP contribution in [-0.2, 0) is 25.7 Å². The van der Waals surface area contributed by atoms with Crippen molar-refractivity contribution in [3.63, 3.8) is 0 Å². The molecule has 2 bridgehead atoms. The second-order valence-electron chi connectivity index (χ2n) is 10.1. The van der Waals surface area contributed by atoms with Crippen LogP contribution in [0.3, 0.4) is 0 Å². The van der Waals surface area contributed by atoms with Gasteiger partial charge >= 0.3 is 0 Å². The van der Waals surface area contributed by atoms with Gasteiger partial charge in [0, 0.05) is 17.1 Å². The molecule has 2 aromatic carbocycles. The van der Waals surface area contributed by atoms with E-state index < -0.39 is 35.6 Å². The quantitative estimate of drug-likeness (QED) is 0.389. The van der Waals surface area contributed by atoms with Crippen LogP contribution < -0.4 is 15.4 Å². The van der Waals surface area contributed by atoms with E-state index in [9.17, 15) is 19.5 Å². The minimum Gasteiger partial charge on any atom is -0.494 e. The van der Waals surface area contributed by atoms with Crippen molar-refractivity contribution in [2.75, 3.05) is 18.5 Å². The summed E-state index contributed by atoms with van der Waals surface area (Å²) in [4.78, 5) is 42.4. The normalized spacial score (nSPS) is 30.2. The molecule has 38 heavy (non-hydrogen) atoms. The zero-order valence-electron chi connectivity index (χ0n) is 21.3. The maximum atomic E-state index is 13.9. The molecule has 10 heteroatoms. The third kappa shape index (κ3) is 4.48. The van der Waals surface area contributed by atoms with Crippen LogP contribution in [0.1, 0.15) is 25.8 Å². The van der Waals surface area contributed by atoms with E-state index in [1.165, 1.54) is 4.90 Å². The summed E-state index contributed by atoms with van der Waals surface area (Å²) in [6, 6.07) is 14.9. The molecule has 3 fully saturated rings. The van der Waals surface area contributed by atoms with Gasteiger partial charge in [0.05, 0.1) is 37.2 Å². The van der Waals surface area contributed by atoms with E-state index >= 15 is 0 Å². The number of hydrogen-bond acceptors (Lipinski definition) is 6. The first-order valence-electron chi connectivity index (χ1n) is 12.9. The number of anilines is 1. The van der Waals surface area contributed by atoms with Crippen LogP contribution in [0.4, 0.5) is 5.69 Å². The molecule has 0 aliphatic carbocycles. The summed E-state index contributed by atoms with van der Waals surface area (Å²) in [7, 11) is 0. The minimum absolute atomic E-state index is 0.212. The Balaban J connectivity index is 1.42. The number of rotatable bonds is 9. The van der Waals surface area contributed by atoms with Crippen molar-refractivity contribution < 1.29 is 29.0 Å². The molecule has 3 heterocycles. The largest absolute Gasteiger partial charge is 0.494 e. The van der Waals surface area contributed by atoms with Gasteiger partial charge in [-0.05, 0) is 50.1 Å². The van der Waals surface area contributed by atoms with Crippen LogP contribution in [0.5, 0.6) is 5.75 Å². The highest BCUT2D eigenvalue weighted by Gasteiger charge is 2.76. The van der Waals surface area contributed by atoms with Crippen molar-refractivity contribution in [1.82, 2.24) is 10.2 Å². The highest BCUT2D eigenvalue weighted by Crippen LogP contribution is 2.60. The number of aliphatic hydroxyl groups is 1. The number of amides is 3. The number of carbonyl (C=O) groups excluding carboxylic acids is 3. The van der Waals surface area contributed by atoms with Gasteiger partial charge in [0.1, 0.15) is 17.4 Å². The van der Waals surface area contributed by atoms with E-state index in [-0.39, 0.29) is 35.7 Å². The lowest BCUT2D eigenvalue weighted by molar-refractivity contribution is -0.144. The Morgan fingerprint density at radius 2 is 1.89 bits per heavy atom. The van der Waals surface area contributed by atoms with Crippen molar-refractivity contribution in [2.24, 2.45) is 11.8 Å². The smallest absolute Gasteiger partial charge is 0.246 e. The summed E-state index contributed by atoms with van der Waals surface area (Å²) in [5.74, 6) is -2.00. The lowest BCUT2D eigenvalue weighted by atomic mass is 9.70. The Labute approximate surface area is 230 Å². The number of fused-ring (bicyclic) bond motifs is 1. The Morgan fingerprint density at radius 1 is 1.18 bits per heavy atom. The molecule has 0 aromatic heterocycles. The molecular weight excluding hydrogens is 554 g/mol. The fourth-order valence-corrected chi connectivity index (χ4v) is 7.08. The molecule has 3 unspecified atom stereocenters. The maximum absolute atomic E-state index is 13.9. The number of benzene rings is 2. The van der Waals surface area contributed by atoms with E-state index in [4.69, 9.17) is 9.47 Å². The summed E-state index contributed by atoms with van der Waals surface area (Å²) >= 11 is 3.66. The minimum atomic E-state index is -1.18. The van der Waals surface area contributed by atoms with E-state index in [1.807, 2.05) is 37.3 Å². The van der Waals surface area contributed by atoms with Crippen molar-refractivity contribution in [3.05, 3.63) is 60.2 Å². The SMILES string of the molecule is CCOc1ccc(NC(=O)[C@H]2[C@H]3C(=O)N([C@H](C)CO)C(C(=O)NCc4ccccc4)C34CC(Br)[C@@H]2O4)cc1. The van der Waals surface area contributed by atoms with Gasteiger partial charge in [-0.15, -0.1) is 0 Å². The molecule has 3 saturated heterocycles. The molecule has 1 spiro atoms. The molecule has 0 radical (unpaired) electrons. The van der Waals surface area contributed by atoms with Gasteiger partial charge in [-0.2, -0.15) is 0 Å². The van der Waals surface area contributed by atoms with Gasteiger partial charge in [0.25, 0.3) is 0 Å². The number of nitrogens with one attached hydrogen (secondary N) is 2.